The van der Waals surface area contributed by atoms with Crippen LogP contribution in [0, 0.1) is 0 Å². The minimum atomic E-state index is -0.0195. The topological polar surface area (TPSA) is 44.5 Å². The zero-order valence-corrected chi connectivity index (χ0v) is 11.9. The molecule has 1 rings (SSSR count). The van der Waals surface area contributed by atoms with Gasteiger partial charge in [0.25, 0.3) is 0 Å². The second kappa shape index (κ2) is 8.35. The standard InChI is InChI=1S/C14H22ClNO2/c1-3-4-7-17-8-9-18-14-6-5-12(11(2)16)10-13(14)15/h5-6,10-11H,3-4,7-9,16H2,1-2H3/t11-/m0/s1. The summed E-state index contributed by atoms with van der Waals surface area (Å²) in [5.41, 5.74) is 6.79. The van der Waals surface area contributed by atoms with Crippen molar-refractivity contribution in [2.75, 3.05) is 19.8 Å². The third-order valence-electron chi connectivity index (χ3n) is 2.61. The lowest BCUT2D eigenvalue weighted by molar-refractivity contribution is 0.0981. The van der Waals surface area contributed by atoms with Crippen molar-refractivity contribution in [1.82, 2.24) is 0 Å². The van der Waals surface area contributed by atoms with Crippen molar-refractivity contribution < 1.29 is 9.47 Å². The molecule has 0 aliphatic heterocycles. The van der Waals surface area contributed by atoms with E-state index in [4.69, 9.17) is 26.8 Å². The molecule has 1 aromatic carbocycles. The quantitative estimate of drug-likeness (QED) is 0.736. The smallest absolute Gasteiger partial charge is 0.138 e. The van der Waals surface area contributed by atoms with Gasteiger partial charge in [-0.25, -0.2) is 0 Å². The van der Waals surface area contributed by atoms with Gasteiger partial charge in [0.1, 0.15) is 12.4 Å². The fraction of sp³-hybridized carbons (Fsp3) is 0.571. The van der Waals surface area contributed by atoms with Gasteiger partial charge in [-0.2, -0.15) is 0 Å². The van der Waals surface area contributed by atoms with E-state index >= 15 is 0 Å². The number of rotatable bonds is 8. The second-order valence-electron chi connectivity index (χ2n) is 4.29. The van der Waals surface area contributed by atoms with Crippen molar-refractivity contribution >= 4 is 11.6 Å². The van der Waals surface area contributed by atoms with E-state index in [9.17, 15) is 0 Å². The van der Waals surface area contributed by atoms with Gasteiger partial charge in [-0.3, -0.25) is 0 Å². The van der Waals surface area contributed by atoms with Gasteiger partial charge < -0.3 is 15.2 Å². The summed E-state index contributed by atoms with van der Waals surface area (Å²) in [6, 6.07) is 5.62. The molecule has 0 radical (unpaired) electrons. The fourth-order valence-corrected chi connectivity index (χ4v) is 1.72. The molecule has 0 saturated carbocycles. The Morgan fingerprint density at radius 3 is 2.67 bits per heavy atom. The maximum absolute atomic E-state index is 6.11. The molecule has 0 unspecified atom stereocenters. The first-order chi connectivity index (χ1) is 8.65. The summed E-state index contributed by atoms with van der Waals surface area (Å²) in [4.78, 5) is 0. The van der Waals surface area contributed by atoms with Crippen LogP contribution < -0.4 is 10.5 Å². The van der Waals surface area contributed by atoms with Crippen molar-refractivity contribution in [3.05, 3.63) is 28.8 Å². The Hall–Kier alpha value is -0.770. The van der Waals surface area contributed by atoms with Crippen LogP contribution >= 0.6 is 11.6 Å². The average molecular weight is 272 g/mol. The average Bonchev–Trinajstić information content (AvgIpc) is 2.35. The lowest BCUT2D eigenvalue weighted by Gasteiger charge is -2.11. The monoisotopic (exact) mass is 271 g/mol. The van der Waals surface area contributed by atoms with Crippen LogP contribution in [-0.4, -0.2) is 19.8 Å². The summed E-state index contributed by atoms with van der Waals surface area (Å²) in [6.45, 7) is 5.96. The van der Waals surface area contributed by atoms with E-state index in [0.29, 0.717) is 24.0 Å². The number of nitrogens with two attached hydrogens (primary N) is 1. The summed E-state index contributed by atoms with van der Waals surface area (Å²) < 4.78 is 11.0. The second-order valence-corrected chi connectivity index (χ2v) is 4.70. The molecule has 0 bridgehead atoms. The van der Waals surface area contributed by atoms with E-state index in [1.165, 1.54) is 0 Å². The Bertz CT molecular complexity index is 356. The predicted molar refractivity (Wildman–Crippen MR) is 75.3 cm³/mol. The number of ether oxygens (including phenoxy) is 2. The number of halogens is 1. The highest BCUT2D eigenvalue weighted by molar-refractivity contribution is 6.32. The van der Waals surface area contributed by atoms with Crippen molar-refractivity contribution in [1.29, 1.82) is 0 Å². The molecule has 0 aliphatic carbocycles. The molecule has 0 fully saturated rings. The Morgan fingerprint density at radius 1 is 1.28 bits per heavy atom. The predicted octanol–water partition coefficient (Wildman–Crippen LogP) is 3.56. The molecule has 0 heterocycles. The molecule has 0 saturated heterocycles. The molecule has 0 spiro atoms. The van der Waals surface area contributed by atoms with E-state index in [1.807, 2.05) is 25.1 Å². The van der Waals surface area contributed by atoms with Gasteiger partial charge in [0, 0.05) is 12.6 Å². The summed E-state index contributed by atoms with van der Waals surface area (Å²) in [7, 11) is 0. The number of unbranched alkanes of at least 4 members (excludes halogenated alkanes) is 1. The fourth-order valence-electron chi connectivity index (χ4n) is 1.48. The highest BCUT2D eigenvalue weighted by atomic mass is 35.5. The Labute approximate surface area is 114 Å². The number of hydrogen-bond acceptors (Lipinski definition) is 3. The highest BCUT2D eigenvalue weighted by Gasteiger charge is 2.05. The van der Waals surface area contributed by atoms with E-state index in [0.717, 1.165) is 25.0 Å². The van der Waals surface area contributed by atoms with Crippen LogP contribution in [0.2, 0.25) is 5.02 Å². The van der Waals surface area contributed by atoms with Crippen molar-refractivity contribution in [3.63, 3.8) is 0 Å². The lowest BCUT2D eigenvalue weighted by Crippen LogP contribution is -2.08. The zero-order valence-electron chi connectivity index (χ0n) is 11.1. The molecule has 18 heavy (non-hydrogen) atoms. The van der Waals surface area contributed by atoms with Crippen molar-refractivity contribution in [2.45, 2.75) is 32.7 Å². The number of hydrogen-bond donors (Lipinski definition) is 1. The minimum Gasteiger partial charge on any atom is -0.490 e. The van der Waals surface area contributed by atoms with Crippen LogP contribution in [0.15, 0.2) is 18.2 Å². The molecule has 2 N–H and O–H groups in total. The summed E-state index contributed by atoms with van der Waals surface area (Å²) in [6.07, 6.45) is 2.23. The van der Waals surface area contributed by atoms with Gasteiger partial charge in [0.15, 0.2) is 0 Å². The maximum Gasteiger partial charge on any atom is 0.138 e. The first-order valence-electron chi connectivity index (χ1n) is 6.40. The first-order valence-corrected chi connectivity index (χ1v) is 6.78. The lowest BCUT2D eigenvalue weighted by atomic mass is 10.1. The van der Waals surface area contributed by atoms with Gasteiger partial charge in [-0.15, -0.1) is 0 Å². The van der Waals surface area contributed by atoms with Crippen LogP contribution in [0.4, 0.5) is 0 Å². The van der Waals surface area contributed by atoms with Gasteiger partial charge in [-0.05, 0) is 31.0 Å². The summed E-state index contributed by atoms with van der Waals surface area (Å²) in [5, 5.41) is 0.596. The normalized spacial score (nSPS) is 12.4. The van der Waals surface area contributed by atoms with E-state index < -0.39 is 0 Å². The third-order valence-corrected chi connectivity index (χ3v) is 2.90. The van der Waals surface area contributed by atoms with E-state index in [1.54, 1.807) is 0 Å². The Balaban J connectivity index is 2.34. The Kier molecular flexibility index (Phi) is 7.09. The molecule has 4 heteroatoms. The molecule has 0 aliphatic rings. The van der Waals surface area contributed by atoms with E-state index in [2.05, 4.69) is 6.92 Å². The third kappa shape index (κ3) is 5.25. The van der Waals surface area contributed by atoms with Crippen LogP contribution in [0.3, 0.4) is 0 Å². The SMILES string of the molecule is CCCCOCCOc1ccc([C@H](C)N)cc1Cl. The molecular weight excluding hydrogens is 250 g/mol. The van der Waals surface area contributed by atoms with Crippen LogP contribution in [0.1, 0.15) is 38.3 Å². The van der Waals surface area contributed by atoms with Crippen molar-refractivity contribution in [3.8, 4) is 5.75 Å². The minimum absolute atomic E-state index is 0.0195. The molecule has 102 valence electrons. The maximum atomic E-state index is 6.11. The highest BCUT2D eigenvalue weighted by Crippen LogP contribution is 2.27. The molecular formula is C14H22ClNO2. The van der Waals surface area contributed by atoms with Gasteiger partial charge in [0.2, 0.25) is 0 Å². The zero-order chi connectivity index (χ0) is 13.4. The molecule has 1 aromatic rings. The van der Waals surface area contributed by atoms with Gasteiger partial charge in [0.05, 0.1) is 11.6 Å². The largest absolute Gasteiger partial charge is 0.490 e. The molecule has 3 nitrogen and oxygen atoms in total. The molecule has 0 aromatic heterocycles. The van der Waals surface area contributed by atoms with Crippen LogP contribution in [-0.2, 0) is 4.74 Å². The van der Waals surface area contributed by atoms with Crippen LogP contribution in [0.25, 0.3) is 0 Å². The summed E-state index contributed by atoms with van der Waals surface area (Å²) >= 11 is 6.11. The van der Waals surface area contributed by atoms with E-state index in [-0.39, 0.29) is 6.04 Å². The summed E-state index contributed by atoms with van der Waals surface area (Å²) in [5.74, 6) is 0.681. The Morgan fingerprint density at radius 2 is 2.06 bits per heavy atom. The van der Waals surface area contributed by atoms with Crippen LogP contribution in [0.5, 0.6) is 5.75 Å². The van der Waals surface area contributed by atoms with Crippen molar-refractivity contribution in [2.24, 2.45) is 5.73 Å². The molecule has 0 amide bonds. The first kappa shape index (κ1) is 15.3. The van der Waals surface area contributed by atoms with Gasteiger partial charge >= 0.3 is 0 Å². The number of benzene rings is 1. The molecule has 1 atom stereocenters. The van der Waals surface area contributed by atoms with Gasteiger partial charge in [-0.1, -0.05) is 31.0 Å².